The summed E-state index contributed by atoms with van der Waals surface area (Å²) >= 11 is 3.64. The Labute approximate surface area is 97.4 Å². The molecule has 0 aromatic rings. The Morgan fingerprint density at radius 3 is 2.64 bits per heavy atom. The van der Waals surface area contributed by atoms with E-state index in [9.17, 15) is 0 Å². The van der Waals surface area contributed by atoms with Gasteiger partial charge < -0.3 is 4.90 Å². The van der Waals surface area contributed by atoms with Crippen molar-refractivity contribution in [3.05, 3.63) is 0 Å². The Morgan fingerprint density at radius 1 is 1.43 bits per heavy atom. The molecule has 1 heterocycles. The van der Waals surface area contributed by atoms with Gasteiger partial charge in [-0.1, -0.05) is 36.7 Å². The van der Waals surface area contributed by atoms with Gasteiger partial charge in [0.15, 0.2) is 0 Å². The van der Waals surface area contributed by atoms with E-state index in [1.165, 1.54) is 32.4 Å². The molecule has 0 radical (unpaired) electrons. The zero-order valence-corrected chi connectivity index (χ0v) is 11.4. The molecule has 1 aliphatic rings. The van der Waals surface area contributed by atoms with Crippen LogP contribution >= 0.6 is 15.9 Å². The molecular weight excluding hydrogens is 238 g/mol. The quantitative estimate of drug-likeness (QED) is 0.685. The zero-order chi connectivity index (χ0) is 10.6. The molecule has 0 aliphatic carbocycles. The highest BCUT2D eigenvalue weighted by Gasteiger charge is 2.25. The van der Waals surface area contributed by atoms with Gasteiger partial charge in [0.25, 0.3) is 0 Å². The number of rotatable bonds is 5. The SMILES string of the molecule is CCC1CCCN1CC(CBr)C(C)C. The van der Waals surface area contributed by atoms with Crippen molar-refractivity contribution >= 4 is 15.9 Å². The van der Waals surface area contributed by atoms with E-state index in [0.717, 1.165) is 23.2 Å². The molecule has 14 heavy (non-hydrogen) atoms. The summed E-state index contributed by atoms with van der Waals surface area (Å²) in [6, 6.07) is 0.871. The minimum Gasteiger partial charge on any atom is -0.300 e. The minimum absolute atomic E-state index is 0.799. The molecule has 0 N–H and O–H groups in total. The van der Waals surface area contributed by atoms with Crippen LogP contribution in [0.5, 0.6) is 0 Å². The average molecular weight is 262 g/mol. The van der Waals surface area contributed by atoms with Crippen molar-refractivity contribution in [2.24, 2.45) is 11.8 Å². The number of hydrogen-bond donors (Lipinski definition) is 0. The summed E-state index contributed by atoms with van der Waals surface area (Å²) in [5.41, 5.74) is 0. The first-order chi connectivity index (χ1) is 6.69. The summed E-state index contributed by atoms with van der Waals surface area (Å²) in [7, 11) is 0. The number of hydrogen-bond acceptors (Lipinski definition) is 1. The highest BCUT2D eigenvalue weighted by Crippen LogP contribution is 2.24. The van der Waals surface area contributed by atoms with E-state index in [1.54, 1.807) is 0 Å². The summed E-state index contributed by atoms with van der Waals surface area (Å²) in [6.45, 7) is 9.61. The zero-order valence-electron chi connectivity index (χ0n) is 9.80. The van der Waals surface area contributed by atoms with Crippen molar-refractivity contribution in [1.29, 1.82) is 0 Å². The fraction of sp³-hybridized carbons (Fsp3) is 1.00. The molecule has 1 nitrogen and oxygen atoms in total. The Bertz CT molecular complexity index is 158. The van der Waals surface area contributed by atoms with Crippen molar-refractivity contribution < 1.29 is 0 Å². The van der Waals surface area contributed by atoms with Crippen LogP contribution in [-0.2, 0) is 0 Å². The molecule has 2 atom stereocenters. The van der Waals surface area contributed by atoms with Gasteiger partial charge in [-0.25, -0.2) is 0 Å². The molecule has 0 aromatic carbocycles. The van der Waals surface area contributed by atoms with Crippen LogP contribution in [0.25, 0.3) is 0 Å². The van der Waals surface area contributed by atoms with Crippen molar-refractivity contribution in [3.8, 4) is 0 Å². The molecule has 1 aliphatic heterocycles. The summed E-state index contributed by atoms with van der Waals surface area (Å²) in [5.74, 6) is 1.62. The van der Waals surface area contributed by atoms with Gasteiger partial charge in [-0.05, 0) is 37.6 Å². The van der Waals surface area contributed by atoms with E-state index >= 15 is 0 Å². The van der Waals surface area contributed by atoms with Crippen LogP contribution < -0.4 is 0 Å². The lowest BCUT2D eigenvalue weighted by Gasteiger charge is -2.29. The van der Waals surface area contributed by atoms with Gasteiger partial charge >= 0.3 is 0 Å². The first-order valence-corrected chi connectivity index (χ1v) is 7.11. The monoisotopic (exact) mass is 261 g/mol. The third-order valence-electron chi connectivity index (χ3n) is 3.58. The maximum absolute atomic E-state index is 3.64. The predicted molar refractivity (Wildman–Crippen MR) is 67.0 cm³/mol. The lowest BCUT2D eigenvalue weighted by molar-refractivity contribution is 0.196. The predicted octanol–water partition coefficient (Wildman–Crippen LogP) is 3.53. The molecule has 2 heteroatoms. The highest BCUT2D eigenvalue weighted by molar-refractivity contribution is 9.09. The van der Waals surface area contributed by atoms with Gasteiger partial charge in [-0.15, -0.1) is 0 Å². The average Bonchev–Trinajstić information content (AvgIpc) is 2.60. The van der Waals surface area contributed by atoms with Crippen LogP contribution in [-0.4, -0.2) is 29.4 Å². The second kappa shape index (κ2) is 6.12. The van der Waals surface area contributed by atoms with Gasteiger partial charge in [-0.3, -0.25) is 0 Å². The van der Waals surface area contributed by atoms with E-state index in [2.05, 4.69) is 41.6 Å². The topological polar surface area (TPSA) is 3.24 Å². The molecule has 84 valence electrons. The summed E-state index contributed by atoms with van der Waals surface area (Å²) in [4.78, 5) is 2.70. The molecule has 0 bridgehead atoms. The molecule has 1 saturated heterocycles. The Kier molecular flexibility index (Phi) is 5.47. The molecule has 1 fully saturated rings. The third-order valence-corrected chi connectivity index (χ3v) is 4.41. The Hall–Kier alpha value is 0.440. The summed E-state index contributed by atoms with van der Waals surface area (Å²) in [6.07, 6.45) is 4.16. The Balaban J connectivity index is 2.41. The van der Waals surface area contributed by atoms with E-state index in [-0.39, 0.29) is 0 Å². The van der Waals surface area contributed by atoms with Crippen LogP contribution in [0.4, 0.5) is 0 Å². The Morgan fingerprint density at radius 2 is 2.14 bits per heavy atom. The fourth-order valence-corrected chi connectivity index (χ4v) is 3.29. The van der Waals surface area contributed by atoms with Gasteiger partial charge in [0.1, 0.15) is 0 Å². The number of halogens is 1. The van der Waals surface area contributed by atoms with Gasteiger partial charge in [0.2, 0.25) is 0 Å². The van der Waals surface area contributed by atoms with Crippen LogP contribution in [0.2, 0.25) is 0 Å². The van der Waals surface area contributed by atoms with Crippen LogP contribution in [0, 0.1) is 11.8 Å². The molecule has 0 aromatic heterocycles. The first-order valence-electron chi connectivity index (χ1n) is 5.99. The number of nitrogens with zero attached hydrogens (tertiary/aromatic N) is 1. The van der Waals surface area contributed by atoms with Crippen LogP contribution in [0.3, 0.4) is 0 Å². The molecule has 0 spiro atoms. The maximum Gasteiger partial charge on any atom is 0.00932 e. The fourth-order valence-electron chi connectivity index (χ4n) is 2.34. The largest absolute Gasteiger partial charge is 0.300 e. The maximum atomic E-state index is 3.64. The summed E-state index contributed by atoms with van der Waals surface area (Å²) < 4.78 is 0. The van der Waals surface area contributed by atoms with Gasteiger partial charge in [-0.2, -0.15) is 0 Å². The lowest BCUT2D eigenvalue weighted by Crippen LogP contribution is -2.35. The van der Waals surface area contributed by atoms with Crippen molar-refractivity contribution in [2.45, 2.75) is 46.1 Å². The van der Waals surface area contributed by atoms with E-state index in [0.29, 0.717) is 0 Å². The normalized spacial score (nSPS) is 25.9. The smallest absolute Gasteiger partial charge is 0.00932 e. The second-order valence-electron chi connectivity index (χ2n) is 4.86. The van der Waals surface area contributed by atoms with E-state index < -0.39 is 0 Å². The van der Waals surface area contributed by atoms with E-state index in [4.69, 9.17) is 0 Å². The molecule has 0 amide bonds. The van der Waals surface area contributed by atoms with E-state index in [1.807, 2.05) is 0 Å². The van der Waals surface area contributed by atoms with Gasteiger partial charge in [0.05, 0.1) is 0 Å². The molecular formula is C12H24BrN. The molecule has 2 unspecified atom stereocenters. The highest BCUT2D eigenvalue weighted by atomic mass is 79.9. The standard InChI is InChI=1S/C12H24BrN/c1-4-12-6-5-7-14(12)9-11(8-13)10(2)3/h10-12H,4-9H2,1-3H3. The third kappa shape index (κ3) is 3.23. The molecule has 1 rings (SSSR count). The second-order valence-corrected chi connectivity index (χ2v) is 5.51. The van der Waals surface area contributed by atoms with Crippen LogP contribution in [0.1, 0.15) is 40.0 Å². The number of alkyl halides is 1. The summed E-state index contributed by atoms with van der Waals surface area (Å²) in [5, 5.41) is 1.15. The van der Waals surface area contributed by atoms with Crippen LogP contribution in [0.15, 0.2) is 0 Å². The van der Waals surface area contributed by atoms with Gasteiger partial charge in [0, 0.05) is 17.9 Å². The minimum atomic E-state index is 0.799. The van der Waals surface area contributed by atoms with Crippen molar-refractivity contribution in [1.82, 2.24) is 4.90 Å². The molecule has 0 saturated carbocycles. The number of likely N-dealkylation sites (tertiary alicyclic amines) is 1. The lowest BCUT2D eigenvalue weighted by atomic mass is 9.97. The van der Waals surface area contributed by atoms with Crippen molar-refractivity contribution in [3.63, 3.8) is 0 Å². The first kappa shape index (κ1) is 12.5. The van der Waals surface area contributed by atoms with Crippen molar-refractivity contribution in [2.75, 3.05) is 18.4 Å².